The number of halogens is 1. The Balaban J connectivity index is 0.00000192. The van der Waals surface area contributed by atoms with E-state index in [0.717, 1.165) is 18.7 Å². The summed E-state index contributed by atoms with van der Waals surface area (Å²) in [5.41, 5.74) is 2.98. The summed E-state index contributed by atoms with van der Waals surface area (Å²) in [7, 11) is 0. The van der Waals surface area contributed by atoms with Crippen LogP contribution in [0.1, 0.15) is 28.4 Å². The summed E-state index contributed by atoms with van der Waals surface area (Å²) in [6.07, 6.45) is 0. The maximum absolute atomic E-state index is 12.3. The fraction of sp³-hybridized carbons (Fsp3) is 0.500. The van der Waals surface area contributed by atoms with Crippen LogP contribution in [0, 0.1) is 0 Å². The predicted octanol–water partition coefficient (Wildman–Crippen LogP) is 0.689. The highest BCUT2D eigenvalue weighted by atomic mass is 35.5. The number of nitrogens with one attached hydrogen (secondary N) is 2. The number of fused-ring (bicyclic) bond motifs is 1. The predicted molar refractivity (Wildman–Crippen MR) is 88.6 cm³/mol. The van der Waals surface area contributed by atoms with Gasteiger partial charge in [0.1, 0.15) is 6.04 Å². The maximum Gasteiger partial charge on any atom is 0.251 e. The van der Waals surface area contributed by atoms with Crippen LogP contribution in [0.5, 0.6) is 0 Å². The van der Waals surface area contributed by atoms with Crippen molar-refractivity contribution in [3.8, 4) is 0 Å². The summed E-state index contributed by atoms with van der Waals surface area (Å²) < 4.78 is 5.24. The van der Waals surface area contributed by atoms with Gasteiger partial charge in [0, 0.05) is 31.7 Å². The van der Waals surface area contributed by atoms with Crippen LogP contribution in [-0.4, -0.2) is 49.1 Å². The van der Waals surface area contributed by atoms with E-state index in [-0.39, 0.29) is 24.2 Å². The van der Waals surface area contributed by atoms with Crippen molar-refractivity contribution >= 4 is 24.2 Å². The standard InChI is InChI=1S/C16H21N3O3.ClH/c1-11(16(21)19-4-6-22-7-5-19)18-15(20)12-2-3-13-9-17-10-14(13)8-12;/h2-3,8,11,17H,4-7,9-10H2,1H3,(H,18,20);1H. The summed E-state index contributed by atoms with van der Waals surface area (Å²) in [6.45, 7) is 5.66. The molecule has 0 aromatic heterocycles. The number of amides is 2. The molecule has 126 valence electrons. The molecule has 0 bridgehead atoms. The molecular formula is C16H22ClN3O3. The smallest absolute Gasteiger partial charge is 0.251 e. The van der Waals surface area contributed by atoms with E-state index in [1.165, 1.54) is 5.56 Å². The van der Waals surface area contributed by atoms with Gasteiger partial charge in [-0.2, -0.15) is 0 Å². The van der Waals surface area contributed by atoms with Gasteiger partial charge < -0.3 is 20.3 Å². The number of morpholine rings is 1. The lowest BCUT2D eigenvalue weighted by atomic mass is 10.1. The van der Waals surface area contributed by atoms with E-state index in [4.69, 9.17) is 4.74 Å². The minimum absolute atomic E-state index is 0. The van der Waals surface area contributed by atoms with Gasteiger partial charge in [-0.25, -0.2) is 0 Å². The van der Waals surface area contributed by atoms with Gasteiger partial charge >= 0.3 is 0 Å². The molecule has 1 unspecified atom stereocenters. The van der Waals surface area contributed by atoms with Crippen LogP contribution in [0.25, 0.3) is 0 Å². The number of benzene rings is 1. The summed E-state index contributed by atoms with van der Waals surface area (Å²) in [6, 6.07) is 5.15. The molecule has 2 amide bonds. The molecule has 2 heterocycles. The van der Waals surface area contributed by atoms with E-state index in [9.17, 15) is 9.59 Å². The molecule has 2 aliphatic heterocycles. The molecule has 2 aliphatic rings. The molecule has 1 fully saturated rings. The third-order valence-electron chi connectivity index (χ3n) is 4.14. The van der Waals surface area contributed by atoms with Gasteiger partial charge in [0.05, 0.1) is 13.2 Å². The monoisotopic (exact) mass is 339 g/mol. The number of hydrogen-bond donors (Lipinski definition) is 2. The number of rotatable bonds is 3. The zero-order chi connectivity index (χ0) is 15.5. The van der Waals surface area contributed by atoms with E-state index < -0.39 is 6.04 Å². The molecule has 1 aromatic rings. The van der Waals surface area contributed by atoms with E-state index in [1.54, 1.807) is 11.8 Å². The summed E-state index contributed by atoms with van der Waals surface area (Å²) in [4.78, 5) is 26.4. The van der Waals surface area contributed by atoms with Gasteiger partial charge in [0.2, 0.25) is 5.91 Å². The van der Waals surface area contributed by atoms with Crippen molar-refractivity contribution in [1.82, 2.24) is 15.5 Å². The molecule has 0 spiro atoms. The number of carbonyl (C=O) groups is 2. The zero-order valence-corrected chi connectivity index (χ0v) is 13.9. The van der Waals surface area contributed by atoms with Crippen LogP contribution in [0.2, 0.25) is 0 Å². The second-order valence-electron chi connectivity index (χ2n) is 5.72. The number of carbonyl (C=O) groups excluding carboxylic acids is 2. The molecule has 23 heavy (non-hydrogen) atoms. The normalized spacial score (nSPS) is 17.9. The van der Waals surface area contributed by atoms with Crippen molar-refractivity contribution in [2.45, 2.75) is 26.1 Å². The minimum Gasteiger partial charge on any atom is -0.378 e. The average molecular weight is 340 g/mol. The molecule has 0 saturated carbocycles. The van der Waals surface area contributed by atoms with Gasteiger partial charge in [0.15, 0.2) is 0 Å². The molecule has 6 nitrogen and oxygen atoms in total. The van der Waals surface area contributed by atoms with Crippen LogP contribution in [0.3, 0.4) is 0 Å². The molecule has 0 radical (unpaired) electrons. The van der Waals surface area contributed by atoms with Gasteiger partial charge in [-0.05, 0) is 30.2 Å². The van der Waals surface area contributed by atoms with E-state index >= 15 is 0 Å². The van der Waals surface area contributed by atoms with Crippen molar-refractivity contribution in [3.05, 3.63) is 34.9 Å². The Bertz CT molecular complexity index is 588. The fourth-order valence-corrected chi connectivity index (χ4v) is 2.84. The van der Waals surface area contributed by atoms with Gasteiger partial charge in [-0.3, -0.25) is 9.59 Å². The van der Waals surface area contributed by atoms with Crippen LogP contribution < -0.4 is 10.6 Å². The highest BCUT2D eigenvalue weighted by Crippen LogP contribution is 2.17. The summed E-state index contributed by atoms with van der Waals surface area (Å²) in [5, 5.41) is 6.04. The molecular weight excluding hydrogens is 318 g/mol. The van der Waals surface area contributed by atoms with Crippen molar-refractivity contribution < 1.29 is 14.3 Å². The van der Waals surface area contributed by atoms with Crippen molar-refractivity contribution in [2.24, 2.45) is 0 Å². The third-order valence-corrected chi connectivity index (χ3v) is 4.14. The largest absolute Gasteiger partial charge is 0.378 e. The lowest BCUT2D eigenvalue weighted by Gasteiger charge is -2.29. The fourth-order valence-electron chi connectivity index (χ4n) is 2.84. The topological polar surface area (TPSA) is 70.7 Å². The quantitative estimate of drug-likeness (QED) is 0.850. The molecule has 0 aliphatic carbocycles. The molecule has 1 saturated heterocycles. The first-order chi connectivity index (χ1) is 10.6. The highest BCUT2D eigenvalue weighted by molar-refractivity contribution is 5.97. The number of ether oxygens (including phenoxy) is 1. The van der Waals surface area contributed by atoms with Crippen molar-refractivity contribution in [3.63, 3.8) is 0 Å². The molecule has 1 atom stereocenters. The van der Waals surface area contributed by atoms with Gasteiger partial charge in [-0.15, -0.1) is 12.4 Å². The van der Waals surface area contributed by atoms with E-state index in [1.807, 2.05) is 18.2 Å². The molecule has 2 N–H and O–H groups in total. The van der Waals surface area contributed by atoms with Gasteiger partial charge in [0.25, 0.3) is 5.91 Å². The first kappa shape index (κ1) is 17.7. The SMILES string of the molecule is CC(NC(=O)c1ccc2c(c1)CNC2)C(=O)N1CCOCC1.Cl. The molecule has 1 aromatic carbocycles. The summed E-state index contributed by atoms with van der Waals surface area (Å²) in [5.74, 6) is -0.261. The minimum atomic E-state index is -0.531. The Kier molecular flexibility index (Phi) is 5.98. The Labute approximate surface area is 142 Å². The first-order valence-electron chi connectivity index (χ1n) is 7.65. The van der Waals surface area contributed by atoms with E-state index in [0.29, 0.717) is 31.9 Å². The van der Waals surface area contributed by atoms with Crippen molar-refractivity contribution in [2.75, 3.05) is 26.3 Å². The number of nitrogens with zero attached hydrogens (tertiary/aromatic N) is 1. The zero-order valence-electron chi connectivity index (χ0n) is 13.1. The van der Waals surface area contributed by atoms with Crippen LogP contribution in [0.15, 0.2) is 18.2 Å². The molecule has 7 heteroatoms. The van der Waals surface area contributed by atoms with Crippen LogP contribution in [0.4, 0.5) is 0 Å². The maximum atomic E-state index is 12.3. The van der Waals surface area contributed by atoms with Crippen molar-refractivity contribution in [1.29, 1.82) is 0 Å². The Morgan fingerprint density at radius 3 is 2.65 bits per heavy atom. The summed E-state index contributed by atoms with van der Waals surface area (Å²) >= 11 is 0. The average Bonchev–Trinajstić information content (AvgIpc) is 3.02. The lowest BCUT2D eigenvalue weighted by molar-refractivity contribution is -0.136. The molecule has 3 rings (SSSR count). The van der Waals surface area contributed by atoms with E-state index in [2.05, 4.69) is 10.6 Å². The van der Waals surface area contributed by atoms with Gasteiger partial charge in [-0.1, -0.05) is 6.07 Å². The third kappa shape index (κ3) is 4.02. The second-order valence-corrected chi connectivity index (χ2v) is 5.72. The Morgan fingerprint density at radius 2 is 1.91 bits per heavy atom. The highest BCUT2D eigenvalue weighted by Gasteiger charge is 2.24. The number of hydrogen-bond acceptors (Lipinski definition) is 4. The Morgan fingerprint density at radius 1 is 1.22 bits per heavy atom. The first-order valence-corrected chi connectivity index (χ1v) is 7.65. The lowest BCUT2D eigenvalue weighted by Crippen LogP contribution is -2.50. The van der Waals surface area contributed by atoms with Crippen LogP contribution in [-0.2, 0) is 22.6 Å². The second kappa shape index (κ2) is 7.77. The Hall–Kier alpha value is -1.63. The van der Waals surface area contributed by atoms with Crippen LogP contribution >= 0.6 is 12.4 Å².